The lowest BCUT2D eigenvalue weighted by Gasteiger charge is -2.08. The number of hydrogen-bond acceptors (Lipinski definition) is 5. The van der Waals surface area contributed by atoms with Crippen molar-refractivity contribution in [3.63, 3.8) is 0 Å². The van der Waals surface area contributed by atoms with Crippen molar-refractivity contribution in [1.29, 1.82) is 0 Å². The fourth-order valence-corrected chi connectivity index (χ4v) is 3.23. The van der Waals surface area contributed by atoms with Crippen molar-refractivity contribution in [2.75, 3.05) is 5.75 Å². The summed E-state index contributed by atoms with van der Waals surface area (Å²) in [4.78, 5) is 12.2. The minimum Gasteiger partial charge on any atom is -0.486 e. The average Bonchev–Trinajstić information content (AvgIpc) is 3.01. The molecule has 5 nitrogen and oxygen atoms in total. The Balaban J connectivity index is 1.59. The third-order valence-corrected chi connectivity index (χ3v) is 5.29. The Labute approximate surface area is 161 Å². The first-order valence-electron chi connectivity index (χ1n) is 8.03. The summed E-state index contributed by atoms with van der Waals surface area (Å²) in [5.74, 6) is 1.79. The number of ether oxygens (including phenoxy) is 1. The molecule has 26 heavy (non-hydrogen) atoms. The second-order valence-electron chi connectivity index (χ2n) is 5.74. The van der Waals surface area contributed by atoms with Gasteiger partial charge in [-0.3, -0.25) is 4.79 Å². The van der Waals surface area contributed by atoms with E-state index in [1.165, 1.54) is 11.8 Å². The number of rotatable bonds is 7. The van der Waals surface area contributed by atoms with Crippen molar-refractivity contribution in [3.8, 4) is 5.75 Å². The lowest BCUT2D eigenvalue weighted by molar-refractivity contribution is 0.102. The van der Waals surface area contributed by atoms with E-state index < -0.39 is 0 Å². The first kappa shape index (κ1) is 18.5. The van der Waals surface area contributed by atoms with Crippen molar-refractivity contribution >= 4 is 29.1 Å². The highest BCUT2D eigenvalue weighted by atomic mass is 35.5. The number of aryl methyl sites for hydroxylation is 1. The molecule has 0 atom stereocenters. The second kappa shape index (κ2) is 8.38. The summed E-state index contributed by atoms with van der Waals surface area (Å²) >= 11 is 7.38. The van der Waals surface area contributed by atoms with Crippen LogP contribution in [0.15, 0.2) is 53.7 Å². The number of carbonyl (C=O) groups excluding carboxylic acids is 1. The molecule has 7 heteroatoms. The summed E-state index contributed by atoms with van der Waals surface area (Å²) < 4.78 is 7.60. The quantitative estimate of drug-likeness (QED) is 0.446. The predicted octanol–water partition coefficient (Wildman–Crippen LogP) is 4.33. The number of hydrogen-bond donors (Lipinski definition) is 0. The number of Topliss-reactive ketones (excluding diaryl/α,β-unsaturated/α-hetero) is 1. The van der Waals surface area contributed by atoms with Gasteiger partial charge in [-0.25, -0.2) is 0 Å². The highest BCUT2D eigenvalue weighted by Crippen LogP contribution is 2.22. The van der Waals surface area contributed by atoms with E-state index in [0.717, 1.165) is 11.3 Å². The van der Waals surface area contributed by atoms with Crippen LogP contribution in [0.2, 0.25) is 5.02 Å². The third-order valence-electron chi connectivity index (χ3n) is 3.85. The first-order chi connectivity index (χ1) is 12.5. The number of carbonyl (C=O) groups is 1. The van der Waals surface area contributed by atoms with Crippen LogP contribution >= 0.6 is 23.4 Å². The highest BCUT2D eigenvalue weighted by molar-refractivity contribution is 7.99. The molecule has 0 amide bonds. The molecular weight excluding hydrogens is 370 g/mol. The molecule has 2 aromatic carbocycles. The predicted molar refractivity (Wildman–Crippen MR) is 103 cm³/mol. The molecule has 1 heterocycles. The van der Waals surface area contributed by atoms with Gasteiger partial charge < -0.3 is 9.30 Å². The lowest BCUT2D eigenvalue weighted by Crippen LogP contribution is -2.06. The smallest absolute Gasteiger partial charge is 0.191 e. The van der Waals surface area contributed by atoms with E-state index in [2.05, 4.69) is 10.2 Å². The summed E-state index contributed by atoms with van der Waals surface area (Å²) in [7, 11) is 1.86. The molecule has 0 fully saturated rings. The van der Waals surface area contributed by atoms with Gasteiger partial charge in [0.1, 0.15) is 12.4 Å². The molecule has 0 spiro atoms. The minimum atomic E-state index is 0.0630. The molecule has 0 N–H and O–H groups in total. The molecular formula is C19H18ClN3O2S. The molecule has 0 saturated carbocycles. The number of aromatic nitrogens is 3. The van der Waals surface area contributed by atoms with Crippen LogP contribution in [-0.2, 0) is 13.7 Å². The van der Waals surface area contributed by atoms with Crippen LogP contribution in [0.4, 0.5) is 0 Å². The zero-order valence-electron chi connectivity index (χ0n) is 14.5. The van der Waals surface area contributed by atoms with Crippen molar-refractivity contribution < 1.29 is 9.53 Å². The summed E-state index contributed by atoms with van der Waals surface area (Å²) in [5, 5.41) is 9.69. The Morgan fingerprint density at radius 3 is 2.69 bits per heavy atom. The standard InChI is InChI=1S/C19H18ClN3O2S/c1-13-10-15(8-9-16(13)20)25-11-18-21-22-19(23(18)2)26-12-17(24)14-6-4-3-5-7-14/h3-10H,11-12H2,1-2H3. The first-order valence-corrected chi connectivity index (χ1v) is 9.39. The van der Waals surface area contributed by atoms with Crippen LogP contribution in [-0.4, -0.2) is 26.3 Å². The molecule has 0 radical (unpaired) electrons. The van der Waals surface area contributed by atoms with Gasteiger partial charge >= 0.3 is 0 Å². The van der Waals surface area contributed by atoms with Crippen LogP contribution < -0.4 is 4.74 Å². The lowest BCUT2D eigenvalue weighted by atomic mass is 10.2. The molecule has 1 aromatic heterocycles. The minimum absolute atomic E-state index is 0.0630. The van der Waals surface area contributed by atoms with Crippen LogP contribution in [0.5, 0.6) is 5.75 Å². The van der Waals surface area contributed by atoms with Crippen LogP contribution in [0.25, 0.3) is 0 Å². The van der Waals surface area contributed by atoms with E-state index in [1.54, 1.807) is 6.07 Å². The summed E-state index contributed by atoms with van der Waals surface area (Å²) in [6.07, 6.45) is 0. The Hall–Kier alpha value is -2.31. The number of halogens is 1. The summed E-state index contributed by atoms with van der Waals surface area (Å²) in [5.41, 5.74) is 1.65. The van der Waals surface area contributed by atoms with Gasteiger partial charge in [-0.2, -0.15) is 0 Å². The second-order valence-corrected chi connectivity index (χ2v) is 7.09. The number of benzene rings is 2. The normalized spacial score (nSPS) is 10.7. The molecule has 0 unspecified atom stereocenters. The van der Waals surface area contributed by atoms with Crippen molar-refractivity contribution in [2.24, 2.45) is 7.05 Å². The van der Waals surface area contributed by atoms with Gasteiger partial charge in [-0.15, -0.1) is 10.2 Å². The van der Waals surface area contributed by atoms with Crippen LogP contribution in [0, 0.1) is 6.92 Å². The average molecular weight is 388 g/mol. The zero-order valence-corrected chi connectivity index (χ0v) is 16.0. The van der Waals surface area contributed by atoms with E-state index in [4.69, 9.17) is 16.3 Å². The van der Waals surface area contributed by atoms with Gasteiger partial charge in [0.05, 0.1) is 5.75 Å². The molecule has 0 saturated heterocycles. The van der Waals surface area contributed by atoms with Crippen molar-refractivity contribution in [1.82, 2.24) is 14.8 Å². The Morgan fingerprint density at radius 2 is 1.96 bits per heavy atom. The van der Waals surface area contributed by atoms with Crippen molar-refractivity contribution in [2.45, 2.75) is 18.7 Å². The SMILES string of the molecule is Cc1cc(OCc2nnc(SCC(=O)c3ccccc3)n2C)ccc1Cl. The third kappa shape index (κ3) is 4.45. The Morgan fingerprint density at radius 1 is 1.19 bits per heavy atom. The Bertz CT molecular complexity index is 912. The van der Waals surface area contributed by atoms with Gasteiger partial charge in [0.15, 0.2) is 16.8 Å². The topological polar surface area (TPSA) is 57.0 Å². The monoisotopic (exact) mass is 387 g/mol. The van der Waals surface area contributed by atoms with Crippen LogP contribution in [0.1, 0.15) is 21.7 Å². The molecule has 0 bridgehead atoms. The van der Waals surface area contributed by atoms with Crippen molar-refractivity contribution in [3.05, 3.63) is 70.5 Å². The van der Waals surface area contributed by atoms with Gasteiger partial charge in [0.2, 0.25) is 0 Å². The zero-order chi connectivity index (χ0) is 18.5. The molecule has 0 aliphatic carbocycles. The summed E-state index contributed by atoms with van der Waals surface area (Å²) in [6.45, 7) is 2.22. The Kier molecular flexibility index (Phi) is 5.96. The molecule has 0 aliphatic heterocycles. The van der Waals surface area contributed by atoms with E-state index in [-0.39, 0.29) is 12.4 Å². The van der Waals surface area contributed by atoms with Gasteiger partial charge in [-0.05, 0) is 30.7 Å². The van der Waals surface area contributed by atoms with Gasteiger partial charge in [0.25, 0.3) is 0 Å². The molecule has 3 aromatic rings. The molecule has 134 valence electrons. The van der Waals surface area contributed by atoms with Gasteiger partial charge in [-0.1, -0.05) is 53.7 Å². The largest absolute Gasteiger partial charge is 0.486 e. The fourth-order valence-electron chi connectivity index (χ4n) is 2.29. The fraction of sp³-hybridized carbons (Fsp3) is 0.211. The van der Waals surface area contributed by atoms with E-state index in [0.29, 0.717) is 27.3 Å². The molecule has 3 rings (SSSR count). The van der Waals surface area contributed by atoms with E-state index >= 15 is 0 Å². The van der Waals surface area contributed by atoms with E-state index in [1.807, 2.05) is 61.0 Å². The number of thioether (sulfide) groups is 1. The number of ketones is 1. The van der Waals surface area contributed by atoms with Crippen LogP contribution in [0.3, 0.4) is 0 Å². The maximum atomic E-state index is 12.2. The molecule has 0 aliphatic rings. The maximum absolute atomic E-state index is 12.2. The van der Waals surface area contributed by atoms with Gasteiger partial charge in [0, 0.05) is 17.6 Å². The summed E-state index contributed by atoms with van der Waals surface area (Å²) in [6, 6.07) is 14.7. The highest BCUT2D eigenvalue weighted by Gasteiger charge is 2.13. The van der Waals surface area contributed by atoms with E-state index in [9.17, 15) is 4.79 Å². The maximum Gasteiger partial charge on any atom is 0.191 e. The number of nitrogens with zero attached hydrogens (tertiary/aromatic N) is 3.